The van der Waals surface area contributed by atoms with Crippen molar-refractivity contribution in [3.8, 4) is 17.2 Å². The van der Waals surface area contributed by atoms with Crippen molar-refractivity contribution in [2.24, 2.45) is 5.18 Å². The van der Waals surface area contributed by atoms with Gasteiger partial charge in [0.2, 0.25) is 5.43 Å². The molecule has 26 heavy (non-hydrogen) atoms. The molecule has 0 fully saturated rings. The zero-order valence-corrected chi connectivity index (χ0v) is 16.7. The molecule has 0 unspecified atom stereocenters. The summed E-state index contributed by atoms with van der Waals surface area (Å²) in [6, 6.07) is 3.60. The molecule has 2 N–H and O–H groups in total. The van der Waals surface area contributed by atoms with E-state index in [2.05, 4.69) is 5.18 Å². The number of aromatic hydroxyl groups is 2. The molecule has 7 nitrogen and oxygen atoms in total. The molecule has 0 saturated heterocycles. The Bertz CT molecular complexity index is 1160. The van der Waals surface area contributed by atoms with E-state index in [0.717, 1.165) is 6.07 Å². The van der Waals surface area contributed by atoms with Crippen molar-refractivity contribution >= 4 is 33.7 Å². The third-order valence-electron chi connectivity index (χ3n) is 4.12. The number of phenols is 2. The maximum absolute atomic E-state index is 13.0. The fourth-order valence-corrected chi connectivity index (χ4v) is 3.01. The van der Waals surface area contributed by atoms with E-state index in [1.165, 1.54) is 12.1 Å². The Balaban J connectivity index is 0.00000196. The van der Waals surface area contributed by atoms with Gasteiger partial charge in [0.25, 0.3) is 0 Å². The third kappa shape index (κ3) is 2.59. The van der Waals surface area contributed by atoms with Crippen LogP contribution in [0.2, 0.25) is 0 Å². The molecule has 132 valence electrons. The van der Waals surface area contributed by atoms with Crippen molar-refractivity contribution in [3.05, 3.63) is 45.0 Å². The summed E-state index contributed by atoms with van der Waals surface area (Å²) in [5.41, 5.74) is -0.654. The molecule has 0 atom stereocenters. The minimum Gasteiger partial charge on any atom is -0.508 e. The van der Waals surface area contributed by atoms with E-state index in [0.29, 0.717) is 5.56 Å². The maximum atomic E-state index is 13.0. The molecule has 0 aliphatic carbocycles. The Hall–Kier alpha value is -2.66. The van der Waals surface area contributed by atoms with Gasteiger partial charge in [-0.15, -0.1) is 4.91 Å². The summed E-state index contributed by atoms with van der Waals surface area (Å²) >= 11 is 0. The number of phenolic OH excluding ortho intramolecular Hbond substituents is 2. The van der Waals surface area contributed by atoms with Gasteiger partial charge in [-0.1, -0.05) is 6.08 Å². The number of nitrogens with zero attached hydrogens (tertiary/aromatic N) is 1. The van der Waals surface area contributed by atoms with Gasteiger partial charge in [-0.3, -0.25) is 4.79 Å². The van der Waals surface area contributed by atoms with Gasteiger partial charge in [-0.25, -0.2) is 0 Å². The van der Waals surface area contributed by atoms with Crippen LogP contribution >= 0.6 is 0 Å². The predicted octanol–water partition coefficient (Wildman–Crippen LogP) is 3.94. The quantitative estimate of drug-likeness (QED) is 0.370. The number of nitroso groups, excluding NO2 is 1. The van der Waals surface area contributed by atoms with Crippen molar-refractivity contribution < 1.29 is 40.4 Å². The van der Waals surface area contributed by atoms with Crippen LogP contribution in [0.1, 0.15) is 19.4 Å². The summed E-state index contributed by atoms with van der Waals surface area (Å²) in [5.74, 6) is -0.442. The molecule has 2 heterocycles. The van der Waals surface area contributed by atoms with Gasteiger partial charge in [-0.05, 0) is 25.1 Å². The van der Waals surface area contributed by atoms with Crippen LogP contribution in [0.15, 0.2) is 38.7 Å². The summed E-state index contributed by atoms with van der Waals surface area (Å²) in [6.07, 6.45) is 3.43. The molecule has 0 saturated carbocycles. The number of fused-ring (bicyclic) bond motifs is 4. The minimum atomic E-state index is -0.662. The first-order valence-corrected chi connectivity index (χ1v) is 7.52. The van der Waals surface area contributed by atoms with Crippen molar-refractivity contribution in [1.82, 2.24) is 0 Å². The van der Waals surface area contributed by atoms with Crippen LogP contribution in [-0.4, -0.2) is 15.8 Å². The Morgan fingerprint density at radius 3 is 2.46 bits per heavy atom. The molecule has 0 bridgehead atoms. The van der Waals surface area contributed by atoms with Gasteiger partial charge >= 0.3 is 0 Å². The number of benzene rings is 2. The van der Waals surface area contributed by atoms with Crippen LogP contribution in [-0.2, 0) is 21.1 Å². The fraction of sp³-hybridized carbons (Fsp3) is 0.167. The van der Waals surface area contributed by atoms with Gasteiger partial charge in [0.15, 0.2) is 11.4 Å². The van der Waals surface area contributed by atoms with E-state index < -0.39 is 16.8 Å². The molecule has 1 aromatic heterocycles. The molecule has 8 heteroatoms. The molecule has 0 radical (unpaired) electrons. The van der Waals surface area contributed by atoms with Crippen molar-refractivity contribution in [2.45, 2.75) is 19.4 Å². The van der Waals surface area contributed by atoms with E-state index in [4.69, 9.17) is 9.15 Å². The Kier molecular flexibility index (Phi) is 4.15. The first-order valence-electron chi connectivity index (χ1n) is 7.52. The van der Waals surface area contributed by atoms with Gasteiger partial charge in [0, 0.05) is 44.8 Å². The summed E-state index contributed by atoms with van der Waals surface area (Å²) in [5, 5.41) is 22.7. The number of rotatable bonds is 1. The first-order chi connectivity index (χ1) is 11.8. The summed E-state index contributed by atoms with van der Waals surface area (Å²) in [7, 11) is 0. The number of hydrogen-bond acceptors (Lipinski definition) is 7. The van der Waals surface area contributed by atoms with Crippen LogP contribution in [0, 0.1) is 4.91 Å². The average molecular weight is 523 g/mol. The monoisotopic (exact) mass is 523 g/mol. The number of ether oxygens (including phenoxy) is 1. The molecular formula is C18H13NO6W. The molecule has 1 aliphatic heterocycles. The molecule has 0 amide bonds. The van der Waals surface area contributed by atoms with E-state index in [1.54, 1.807) is 12.2 Å². The Labute approximate surface area is 161 Å². The second-order valence-electron chi connectivity index (χ2n) is 6.41. The van der Waals surface area contributed by atoms with E-state index >= 15 is 0 Å². The van der Waals surface area contributed by atoms with Gasteiger partial charge < -0.3 is 19.4 Å². The maximum Gasteiger partial charge on any atom is 0.205 e. The summed E-state index contributed by atoms with van der Waals surface area (Å²) < 4.78 is 11.4. The van der Waals surface area contributed by atoms with Crippen molar-refractivity contribution in [3.63, 3.8) is 0 Å². The SMILES string of the molecule is CC1(C)C=Cc2c(c(N=O)cc3oc4cc(O)cc(O)c4c(=O)c23)O1.[W]. The van der Waals surface area contributed by atoms with E-state index in [1.807, 2.05) is 13.8 Å². The molecule has 3 aromatic rings. The van der Waals surface area contributed by atoms with Gasteiger partial charge in [0.05, 0.1) is 5.39 Å². The predicted molar refractivity (Wildman–Crippen MR) is 92.5 cm³/mol. The topological polar surface area (TPSA) is 109 Å². The first kappa shape index (κ1) is 18.1. The van der Waals surface area contributed by atoms with Crippen molar-refractivity contribution in [1.29, 1.82) is 0 Å². The summed E-state index contributed by atoms with van der Waals surface area (Å²) in [4.78, 5) is 24.2. The summed E-state index contributed by atoms with van der Waals surface area (Å²) in [6.45, 7) is 3.62. The molecule has 1 aliphatic rings. The Morgan fingerprint density at radius 1 is 1.08 bits per heavy atom. The largest absolute Gasteiger partial charge is 0.508 e. The van der Waals surface area contributed by atoms with Crippen LogP contribution in [0.3, 0.4) is 0 Å². The Morgan fingerprint density at radius 2 is 1.77 bits per heavy atom. The molecule has 0 spiro atoms. The van der Waals surface area contributed by atoms with Crippen molar-refractivity contribution in [2.75, 3.05) is 0 Å². The molecular weight excluding hydrogens is 510 g/mol. The molecule has 2 aromatic carbocycles. The van der Waals surface area contributed by atoms with Gasteiger partial charge in [-0.2, -0.15) is 0 Å². The molecule has 4 rings (SSSR count). The van der Waals surface area contributed by atoms with Crippen LogP contribution in [0.5, 0.6) is 17.2 Å². The number of hydrogen-bond donors (Lipinski definition) is 2. The van der Waals surface area contributed by atoms with Crippen LogP contribution in [0.4, 0.5) is 5.69 Å². The van der Waals surface area contributed by atoms with Crippen LogP contribution in [0.25, 0.3) is 28.0 Å². The van der Waals surface area contributed by atoms with Gasteiger partial charge in [0.1, 0.15) is 33.7 Å². The zero-order chi connectivity index (χ0) is 17.9. The standard InChI is InChI=1S/C18H13NO6.W/c1-18(2)4-3-9-14-13(7-10(19-23)17(9)25-18)24-12-6-8(20)5-11(21)15(12)16(14)22;/h3-7,20-21H,1-2H3;. The average Bonchev–Trinajstić information content (AvgIpc) is 2.52. The minimum absolute atomic E-state index is 0. The normalized spacial score (nSPS) is 14.5. The third-order valence-corrected chi connectivity index (χ3v) is 4.12. The smallest absolute Gasteiger partial charge is 0.205 e. The second kappa shape index (κ2) is 5.95. The second-order valence-corrected chi connectivity index (χ2v) is 6.41. The van der Waals surface area contributed by atoms with E-state index in [9.17, 15) is 19.9 Å². The van der Waals surface area contributed by atoms with Crippen LogP contribution < -0.4 is 10.2 Å². The fourth-order valence-electron chi connectivity index (χ4n) is 3.01. The zero-order valence-electron chi connectivity index (χ0n) is 13.8. The van der Waals surface area contributed by atoms with E-state index in [-0.39, 0.29) is 60.2 Å².